The van der Waals surface area contributed by atoms with Gasteiger partial charge in [0, 0.05) is 6.54 Å². The molecule has 3 atom stereocenters. The molecule has 110 valence electrons. The SMILES string of the molecule is C[C@H](O)[C@H](NC(=O)[C@@H](N)CCCN=C(N)N)C(=O)O. The van der Waals surface area contributed by atoms with Gasteiger partial charge in [0.1, 0.15) is 0 Å². The van der Waals surface area contributed by atoms with Crippen LogP contribution in [0.2, 0.25) is 0 Å². The molecule has 0 aromatic rings. The summed E-state index contributed by atoms with van der Waals surface area (Å²) in [5.74, 6) is -2.01. The smallest absolute Gasteiger partial charge is 0.328 e. The van der Waals surface area contributed by atoms with Crippen LogP contribution in [0.15, 0.2) is 4.99 Å². The zero-order chi connectivity index (χ0) is 15.0. The molecule has 0 unspecified atom stereocenters. The van der Waals surface area contributed by atoms with Crippen molar-refractivity contribution in [1.82, 2.24) is 5.32 Å². The van der Waals surface area contributed by atoms with E-state index in [-0.39, 0.29) is 5.96 Å². The number of rotatable bonds is 8. The summed E-state index contributed by atoms with van der Waals surface area (Å²) in [7, 11) is 0. The molecule has 9 N–H and O–H groups in total. The van der Waals surface area contributed by atoms with Gasteiger partial charge in [0.2, 0.25) is 5.91 Å². The Kier molecular flexibility index (Phi) is 7.46. The molecule has 1 amide bonds. The van der Waals surface area contributed by atoms with E-state index in [9.17, 15) is 14.7 Å². The summed E-state index contributed by atoms with van der Waals surface area (Å²) in [5, 5.41) is 20.2. The fraction of sp³-hybridized carbons (Fsp3) is 0.700. The van der Waals surface area contributed by atoms with Crippen LogP contribution in [0, 0.1) is 0 Å². The Morgan fingerprint density at radius 1 is 1.37 bits per heavy atom. The highest BCUT2D eigenvalue weighted by Crippen LogP contribution is 1.99. The fourth-order valence-electron chi connectivity index (χ4n) is 1.30. The lowest BCUT2D eigenvalue weighted by molar-refractivity contribution is -0.145. The third-order valence-corrected chi connectivity index (χ3v) is 2.35. The van der Waals surface area contributed by atoms with E-state index < -0.39 is 30.1 Å². The maximum absolute atomic E-state index is 11.6. The molecule has 0 fully saturated rings. The Morgan fingerprint density at radius 3 is 2.37 bits per heavy atom. The molecular formula is C10H21N5O4. The molecule has 0 saturated carbocycles. The van der Waals surface area contributed by atoms with Crippen LogP contribution < -0.4 is 22.5 Å². The zero-order valence-corrected chi connectivity index (χ0v) is 10.7. The van der Waals surface area contributed by atoms with Gasteiger partial charge >= 0.3 is 5.97 Å². The van der Waals surface area contributed by atoms with Crippen molar-refractivity contribution in [3.05, 3.63) is 0 Å². The van der Waals surface area contributed by atoms with Crippen LogP contribution in [0.1, 0.15) is 19.8 Å². The van der Waals surface area contributed by atoms with Crippen LogP contribution in [0.3, 0.4) is 0 Å². The number of carboxylic acids is 1. The summed E-state index contributed by atoms with van der Waals surface area (Å²) in [5.41, 5.74) is 15.8. The molecule has 0 saturated heterocycles. The first-order chi connectivity index (χ1) is 8.75. The third-order valence-electron chi connectivity index (χ3n) is 2.35. The number of hydrogen-bond acceptors (Lipinski definition) is 5. The van der Waals surface area contributed by atoms with Gasteiger partial charge in [-0.25, -0.2) is 4.79 Å². The molecular weight excluding hydrogens is 254 g/mol. The highest BCUT2D eigenvalue weighted by molar-refractivity contribution is 5.87. The molecule has 0 aromatic carbocycles. The Balaban J connectivity index is 4.18. The van der Waals surface area contributed by atoms with E-state index in [0.717, 1.165) is 0 Å². The topological polar surface area (TPSA) is 177 Å². The second-order valence-electron chi connectivity index (χ2n) is 4.12. The molecule has 9 heteroatoms. The number of aliphatic carboxylic acids is 1. The Morgan fingerprint density at radius 2 is 1.95 bits per heavy atom. The largest absolute Gasteiger partial charge is 0.480 e. The van der Waals surface area contributed by atoms with Crippen molar-refractivity contribution in [3.63, 3.8) is 0 Å². The molecule has 0 spiro atoms. The van der Waals surface area contributed by atoms with Crippen molar-refractivity contribution in [3.8, 4) is 0 Å². The van der Waals surface area contributed by atoms with E-state index in [2.05, 4.69) is 10.3 Å². The lowest BCUT2D eigenvalue weighted by Crippen LogP contribution is -2.52. The van der Waals surface area contributed by atoms with Crippen molar-refractivity contribution in [2.24, 2.45) is 22.2 Å². The van der Waals surface area contributed by atoms with Crippen LogP contribution in [-0.4, -0.2) is 52.8 Å². The number of carbonyl (C=O) groups is 2. The molecule has 0 rings (SSSR count). The number of guanidine groups is 1. The van der Waals surface area contributed by atoms with Gasteiger partial charge in [0.15, 0.2) is 12.0 Å². The van der Waals surface area contributed by atoms with Gasteiger partial charge < -0.3 is 32.7 Å². The number of nitrogens with one attached hydrogen (secondary N) is 1. The predicted octanol–water partition coefficient (Wildman–Crippen LogP) is -2.68. The highest BCUT2D eigenvalue weighted by atomic mass is 16.4. The summed E-state index contributed by atoms with van der Waals surface area (Å²) in [6, 6.07) is -2.26. The molecule has 0 aromatic heterocycles. The Bertz CT molecular complexity index is 341. The minimum atomic E-state index is -1.38. The van der Waals surface area contributed by atoms with Gasteiger partial charge in [-0.05, 0) is 19.8 Å². The average Bonchev–Trinajstić information content (AvgIpc) is 2.29. The normalized spacial score (nSPS) is 15.1. The van der Waals surface area contributed by atoms with Crippen LogP contribution >= 0.6 is 0 Å². The van der Waals surface area contributed by atoms with Gasteiger partial charge in [-0.2, -0.15) is 0 Å². The first-order valence-corrected chi connectivity index (χ1v) is 5.78. The summed E-state index contributed by atoms with van der Waals surface area (Å²) in [4.78, 5) is 26.1. The van der Waals surface area contributed by atoms with E-state index in [1.807, 2.05) is 0 Å². The number of hydrogen-bond donors (Lipinski definition) is 6. The molecule has 0 aliphatic carbocycles. The van der Waals surface area contributed by atoms with Gasteiger partial charge in [-0.3, -0.25) is 9.79 Å². The Labute approximate surface area is 110 Å². The average molecular weight is 275 g/mol. The standard InChI is InChI=1S/C10H21N5O4/c1-5(16)7(9(18)19)15-8(17)6(11)3-2-4-14-10(12)13/h5-7,16H,2-4,11H2,1H3,(H,15,17)(H,18,19)(H4,12,13,14)/t5-,6-,7-/m0/s1. The van der Waals surface area contributed by atoms with Crippen molar-refractivity contribution in [2.45, 2.75) is 38.0 Å². The number of aliphatic hydroxyl groups is 1. The number of aliphatic hydroxyl groups excluding tert-OH is 1. The van der Waals surface area contributed by atoms with Crippen LogP contribution in [0.25, 0.3) is 0 Å². The van der Waals surface area contributed by atoms with E-state index in [1.165, 1.54) is 6.92 Å². The van der Waals surface area contributed by atoms with Gasteiger partial charge in [0.25, 0.3) is 0 Å². The minimum Gasteiger partial charge on any atom is -0.480 e. The fourth-order valence-corrected chi connectivity index (χ4v) is 1.30. The zero-order valence-electron chi connectivity index (χ0n) is 10.7. The van der Waals surface area contributed by atoms with E-state index >= 15 is 0 Å². The van der Waals surface area contributed by atoms with Crippen molar-refractivity contribution in [2.75, 3.05) is 6.54 Å². The van der Waals surface area contributed by atoms with Crippen LogP contribution in [0.4, 0.5) is 0 Å². The molecule has 19 heavy (non-hydrogen) atoms. The summed E-state index contributed by atoms with van der Waals surface area (Å²) < 4.78 is 0. The van der Waals surface area contributed by atoms with Gasteiger partial charge in [-0.1, -0.05) is 0 Å². The summed E-state index contributed by atoms with van der Waals surface area (Å²) in [6.07, 6.45) is -0.427. The Hall–Kier alpha value is -1.87. The van der Waals surface area contributed by atoms with Crippen LogP contribution in [0.5, 0.6) is 0 Å². The number of carboxylic acid groups (broad SMARTS) is 1. The molecule has 0 bridgehead atoms. The van der Waals surface area contributed by atoms with E-state index in [0.29, 0.717) is 19.4 Å². The first kappa shape index (κ1) is 17.1. The van der Waals surface area contributed by atoms with Crippen LogP contribution in [-0.2, 0) is 9.59 Å². The molecule has 0 heterocycles. The molecule has 0 aliphatic heterocycles. The first-order valence-electron chi connectivity index (χ1n) is 5.78. The maximum atomic E-state index is 11.6. The van der Waals surface area contributed by atoms with Crippen molar-refractivity contribution < 1.29 is 19.8 Å². The quantitative estimate of drug-likeness (QED) is 0.159. The number of nitrogens with two attached hydrogens (primary N) is 3. The predicted molar refractivity (Wildman–Crippen MR) is 69.1 cm³/mol. The van der Waals surface area contributed by atoms with Gasteiger partial charge in [-0.15, -0.1) is 0 Å². The second kappa shape index (κ2) is 8.27. The lowest BCUT2D eigenvalue weighted by Gasteiger charge is -2.19. The number of amides is 1. The van der Waals surface area contributed by atoms with Gasteiger partial charge in [0.05, 0.1) is 12.1 Å². The van der Waals surface area contributed by atoms with Crippen molar-refractivity contribution >= 4 is 17.8 Å². The van der Waals surface area contributed by atoms with E-state index in [1.54, 1.807) is 0 Å². The van der Waals surface area contributed by atoms with Crippen molar-refractivity contribution in [1.29, 1.82) is 0 Å². The third kappa shape index (κ3) is 7.21. The van der Waals surface area contributed by atoms with E-state index in [4.69, 9.17) is 22.3 Å². The second-order valence-corrected chi connectivity index (χ2v) is 4.12. The molecule has 9 nitrogen and oxygen atoms in total. The summed E-state index contributed by atoms with van der Waals surface area (Å²) in [6.45, 7) is 1.60. The maximum Gasteiger partial charge on any atom is 0.328 e. The summed E-state index contributed by atoms with van der Waals surface area (Å²) >= 11 is 0. The number of carbonyl (C=O) groups excluding carboxylic acids is 1. The monoisotopic (exact) mass is 275 g/mol. The highest BCUT2D eigenvalue weighted by Gasteiger charge is 2.26. The molecule has 0 aliphatic rings. The minimum absolute atomic E-state index is 0.0435. The molecule has 0 radical (unpaired) electrons. The number of nitrogens with zero attached hydrogens (tertiary/aromatic N) is 1. The lowest BCUT2D eigenvalue weighted by atomic mass is 10.1. The number of aliphatic imine (C=N–C) groups is 1.